The van der Waals surface area contributed by atoms with Crippen molar-refractivity contribution in [3.05, 3.63) is 101 Å². The molecule has 0 amide bonds. The maximum Gasteiger partial charge on any atom is 0.338 e. The van der Waals surface area contributed by atoms with E-state index in [1.807, 2.05) is 30.3 Å². The van der Waals surface area contributed by atoms with Gasteiger partial charge >= 0.3 is 5.97 Å². The van der Waals surface area contributed by atoms with Crippen LogP contribution in [0.5, 0.6) is 11.5 Å². The van der Waals surface area contributed by atoms with E-state index in [4.69, 9.17) is 14.2 Å². The normalized spacial score (nSPS) is 15.2. The van der Waals surface area contributed by atoms with E-state index in [-0.39, 0.29) is 12.2 Å². The number of benzene rings is 2. The average Bonchev–Trinajstić information content (AvgIpc) is 3.21. The van der Waals surface area contributed by atoms with Gasteiger partial charge in [0.25, 0.3) is 5.56 Å². The summed E-state index contributed by atoms with van der Waals surface area (Å²) in [6.07, 6.45) is 3.44. The monoisotopic (exact) mass is 610 g/mol. The van der Waals surface area contributed by atoms with Crippen LogP contribution in [0.15, 0.2) is 74.6 Å². The predicted molar refractivity (Wildman–Crippen MR) is 157 cm³/mol. The average molecular weight is 612 g/mol. The largest absolute Gasteiger partial charge is 0.493 e. The smallest absolute Gasteiger partial charge is 0.338 e. The van der Waals surface area contributed by atoms with Crippen LogP contribution in [-0.4, -0.2) is 30.9 Å². The molecule has 3 aromatic rings. The number of allylic oxidation sites excluding steroid dienone is 1. The van der Waals surface area contributed by atoms with Crippen molar-refractivity contribution in [3.8, 4) is 11.5 Å². The van der Waals surface area contributed by atoms with Crippen LogP contribution in [0.2, 0.25) is 0 Å². The van der Waals surface area contributed by atoms with E-state index < -0.39 is 12.0 Å². The fraction of sp³-hybridized carbons (Fsp3) is 0.300. The number of ether oxygens (including phenoxy) is 3. The number of nitrogens with zero attached hydrogens (tertiary/aromatic N) is 2. The topological polar surface area (TPSA) is 79.1 Å². The zero-order valence-corrected chi connectivity index (χ0v) is 25.0. The fourth-order valence-corrected chi connectivity index (χ4v) is 6.05. The molecule has 0 bridgehead atoms. The molecule has 2 heterocycles. The molecule has 2 aromatic carbocycles. The molecule has 204 valence electrons. The summed E-state index contributed by atoms with van der Waals surface area (Å²) < 4.78 is 19.4. The Morgan fingerprint density at radius 1 is 1.26 bits per heavy atom. The van der Waals surface area contributed by atoms with E-state index in [1.165, 1.54) is 16.9 Å². The highest BCUT2D eigenvalue weighted by molar-refractivity contribution is 9.10. The molecule has 0 fully saturated rings. The van der Waals surface area contributed by atoms with Crippen LogP contribution in [-0.2, 0) is 9.53 Å². The van der Waals surface area contributed by atoms with Gasteiger partial charge in [-0.25, -0.2) is 9.79 Å². The standard InChI is InChI=1S/C30H31BrN2O5S/c1-7-13-38-27-22(31)14-19(15-23(27)36-6)16-24-28(34)33-26(21-11-9-20(10-12-21)17(3)4)25(29(35)37-8-2)18(5)32-30(33)39-24/h7,9-12,14-17,26H,1,8,13H2,2-6H3/b24-16-/t26-/m0/s1. The SMILES string of the molecule is C=CCOc1c(Br)cc(/C=c2\sc3n(c2=O)[C@@H](c2ccc(C(C)C)cc2)C(C(=O)OCC)=C(C)N=3)cc1OC. The maximum absolute atomic E-state index is 13.9. The summed E-state index contributed by atoms with van der Waals surface area (Å²) in [4.78, 5) is 32.2. The van der Waals surface area contributed by atoms with Crippen molar-refractivity contribution in [2.45, 2.75) is 39.7 Å². The third kappa shape index (κ3) is 5.79. The first-order chi connectivity index (χ1) is 18.7. The Morgan fingerprint density at radius 3 is 2.59 bits per heavy atom. The van der Waals surface area contributed by atoms with E-state index in [2.05, 4.69) is 41.3 Å². The Labute approximate surface area is 239 Å². The molecule has 1 atom stereocenters. The highest BCUT2D eigenvalue weighted by Crippen LogP contribution is 2.37. The summed E-state index contributed by atoms with van der Waals surface area (Å²) >= 11 is 4.82. The maximum atomic E-state index is 13.9. The van der Waals surface area contributed by atoms with Crippen LogP contribution in [0.3, 0.4) is 0 Å². The highest BCUT2D eigenvalue weighted by Gasteiger charge is 2.33. The number of hydrogen-bond donors (Lipinski definition) is 0. The Kier molecular flexibility index (Phi) is 8.92. The van der Waals surface area contributed by atoms with Crippen molar-refractivity contribution < 1.29 is 19.0 Å². The minimum atomic E-state index is -0.653. The first-order valence-corrected chi connectivity index (χ1v) is 14.2. The second-order valence-corrected chi connectivity index (χ2v) is 11.1. The molecule has 1 aromatic heterocycles. The summed E-state index contributed by atoms with van der Waals surface area (Å²) in [6, 6.07) is 11.0. The van der Waals surface area contributed by atoms with Crippen LogP contribution >= 0.6 is 27.3 Å². The first kappa shape index (κ1) is 28.6. The van der Waals surface area contributed by atoms with Crippen LogP contribution in [0.1, 0.15) is 56.3 Å². The number of methoxy groups -OCH3 is 1. The van der Waals surface area contributed by atoms with Gasteiger partial charge in [0.15, 0.2) is 16.3 Å². The zero-order chi connectivity index (χ0) is 28.3. The lowest BCUT2D eigenvalue weighted by atomic mass is 9.93. The van der Waals surface area contributed by atoms with Gasteiger partial charge in [0.1, 0.15) is 6.61 Å². The molecule has 0 saturated carbocycles. The molecule has 1 aliphatic rings. The summed E-state index contributed by atoms with van der Waals surface area (Å²) in [5, 5.41) is 0. The predicted octanol–water partition coefficient (Wildman–Crippen LogP) is 5.26. The lowest BCUT2D eigenvalue weighted by molar-refractivity contribution is -0.139. The Hall–Kier alpha value is -3.43. The van der Waals surface area contributed by atoms with Gasteiger partial charge in [-0.1, -0.05) is 62.1 Å². The van der Waals surface area contributed by atoms with E-state index in [1.54, 1.807) is 43.7 Å². The second kappa shape index (κ2) is 12.2. The Bertz CT molecular complexity index is 1620. The third-order valence-corrected chi connectivity index (χ3v) is 7.90. The van der Waals surface area contributed by atoms with E-state index in [9.17, 15) is 9.59 Å². The van der Waals surface area contributed by atoms with Gasteiger partial charge in [-0.3, -0.25) is 9.36 Å². The molecule has 39 heavy (non-hydrogen) atoms. The van der Waals surface area contributed by atoms with Gasteiger partial charge in [0.05, 0.1) is 40.0 Å². The molecule has 0 N–H and O–H groups in total. The second-order valence-electron chi connectivity index (χ2n) is 9.26. The van der Waals surface area contributed by atoms with Gasteiger partial charge in [0.2, 0.25) is 0 Å². The number of thiazole rings is 1. The fourth-order valence-electron chi connectivity index (χ4n) is 4.43. The highest BCUT2D eigenvalue weighted by atomic mass is 79.9. The van der Waals surface area contributed by atoms with E-state index in [0.29, 0.717) is 49.1 Å². The van der Waals surface area contributed by atoms with E-state index in [0.717, 1.165) is 11.1 Å². The van der Waals surface area contributed by atoms with Crippen LogP contribution in [0.25, 0.3) is 6.08 Å². The molecular weight excluding hydrogens is 580 g/mol. The lowest BCUT2D eigenvalue weighted by Gasteiger charge is -2.25. The lowest BCUT2D eigenvalue weighted by Crippen LogP contribution is -2.39. The van der Waals surface area contributed by atoms with Crippen molar-refractivity contribution in [1.82, 2.24) is 4.57 Å². The van der Waals surface area contributed by atoms with Crippen molar-refractivity contribution in [1.29, 1.82) is 0 Å². The van der Waals surface area contributed by atoms with Gasteiger partial charge in [-0.15, -0.1) is 0 Å². The number of aromatic nitrogens is 1. The molecule has 7 nitrogen and oxygen atoms in total. The number of hydrogen-bond acceptors (Lipinski definition) is 7. The molecule has 1 aliphatic heterocycles. The van der Waals surface area contributed by atoms with Gasteiger partial charge in [-0.2, -0.15) is 0 Å². The Balaban J connectivity index is 1.89. The van der Waals surface area contributed by atoms with Gasteiger partial charge < -0.3 is 14.2 Å². The summed E-state index contributed by atoms with van der Waals surface area (Å²) in [6.45, 7) is 12.0. The summed E-state index contributed by atoms with van der Waals surface area (Å²) in [5.74, 6) is 0.951. The minimum Gasteiger partial charge on any atom is -0.493 e. The number of carbonyl (C=O) groups is 1. The summed E-state index contributed by atoms with van der Waals surface area (Å²) in [7, 11) is 1.56. The number of fused-ring (bicyclic) bond motifs is 1. The first-order valence-electron chi connectivity index (χ1n) is 12.6. The quantitative estimate of drug-likeness (QED) is 0.244. The number of rotatable bonds is 9. The molecule has 0 radical (unpaired) electrons. The van der Waals surface area contributed by atoms with Crippen molar-refractivity contribution in [2.75, 3.05) is 20.3 Å². The minimum absolute atomic E-state index is 0.224. The zero-order valence-electron chi connectivity index (χ0n) is 22.6. The van der Waals surface area contributed by atoms with Crippen molar-refractivity contribution in [3.63, 3.8) is 0 Å². The van der Waals surface area contributed by atoms with Gasteiger partial charge in [0, 0.05) is 0 Å². The van der Waals surface area contributed by atoms with Crippen LogP contribution in [0.4, 0.5) is 0 Å². The molecule has 0 unspecified atom stereocenters. The molecule has 4 rings (SSSR count). The summed E-state index contributed by atoms with van der Waals surface area (Å²) in [5.41, 5.74) is 3.39. The molecule has 0 saturated heterocycles. The van der Waals surface area contributed by atoms with Gasteiger partial charge in [-0.05, 0) is 70.6 Å². The van der Waals surface area contributed by atoms with Crippen molar-refractivity contribution in [2.24, 2.45) is 4.99 Å². The van der Waals surface area contributed by atoms with E-state index >= 15 is 0 Å². The Morgan fingerprint density at radius 2 is 1.97 bits per heavy atom. The molecular formula is C30H31BrN2O5S. The number of carbonyl (C=O) groups excluding carboxylic acids is 1. The molecule has 0 spiro atoms. The molecule has 0 aliphatic carbocycles. The molecule has 9 heteroatoms. The number of halogens is 1. The van der Waals surface area contributed by atoms with Crippen LogP contribution in [0, 0.1) is 0 Å². The third-order valence-electron chi connectivity index (χ3n) is 6.33. The van der Waals surface area contributed by atoms with Crippen LogP contribution < -0.4 is 24.4 Å². The van der Waals surface area contributed by atoms with Crippen molar-refractivity contribution >= 4 is 39.3 Å². The number of esters is 1.